The molecule has 2 N–H and O–H groups in total. The molecule has 0 aliphatic heterocycles. The highest BCUT2D eigenvalue weighted by Gasteiger charge is 2.08. The number of hydrogen-bond acceptors (Lipinski definition) is 4. The maximum Gasteiger partial charge on any atom is 0.302 e. The monoisotopic (exact) mass is 272 g/mol. The average Bonchev–Trinajstić information content (AvgIpc) is 2.35. The second kappa shape index (κ2) is 6.53. The van der Waals surface area contributed by atoms with Crippen molar-refractivity contribution in [3.63, 3.8) is 0 Å². The molecule has 0 unspecified atom stereocenters. The van der Waals surface area contributed by atoms with Crippen molar-refractivity contribution in [3.05, 3.63) is 40.0 Å². The number of carbonyl (C=O) groups excluding carboxylic acids is 2. The fourth-order valence-electron chi connectivity index (χ4n) is 1.72. The highest BCUT2D eigenvalue weighted by Crippen LogP contribution is 2.19. The van der Waals surface area contributed by atoms with Crippen LogP contribution in [0.2, 0.25) is 0 Å². The highest BCUT2D eigenvalue weighted by atomic mass is 16.5. The number of nitriles is 1. The fourth-order valence-corrected chi connectivity index (χ4v) is 1.72. The van der Waals surface area contributed by atoms with Crippen molar-refractivity contribution in [2.75, 3.05) is 0 Å². The predicted molar refractivity (Wildman–Crippen MR) is 74.2 cm³/mol. The molecule has 104 valence electrons. The molecule has 0 bridgehead atoms. The van der Waals surface area contributed by atoms with Gasteiger partial charge in [0.15, 0.2) is 0 Å². The highest BCUT2D eigenvalue weighted by molar-refractivity contribution is 6.00. The van der Waals surface area contributed by atoms with Crippen molar-refractivity contribution >= 4 is 18.0 Å². The number of aryl methyl sites for hydroxylation is 2. The molecule has 20 heavy (non-hydrogen) atoms. The third-order valence-corrected chi connectivity index (χ3v) is 2.84. The molecule has 5 heteroatoms. The Morgan fingerprint density at radius 2 is 2.00 bits per heavy atom. The zero-order chi connectivity index (χ0) is 15.3. The van der Waals surface area contributed by atoms with E-state index in [0.717, 1.165) is 16.7 Å². The summed E-state index contributed by atoms with van der Waals surface area (Å²) in [6.45, 7) is 5.26. The fraction of sp³-hybridized carbons (Fsp3) is 0.267. The SMILES string of the molecule is CC(=O)OCc1cc(C=C(C#N)C(N)=O)c(C)cc1C. The lowest BCUT2D eigenvalue weighted by Gasteiger charge is -2.10. The Labute approximate surface area is 117 Å². The lowest BCUT2D eigenvalue weighted by Crippen LogP contribution is -2.12. The number of carbonyl (C=O) groups is 2. The van der Waals surface area contributed by atoms with Gasteiger partial charge in [-0.2, -0.15) is 5.26 Å². The van der Waals surface area contributed by atoms with Gasteiger partial charge in [-0.15, -0.1) is 0 Å². The largest absolute Gasteiger partial charge is 0.461 e. The number of amides is 1. The normalized spacial score (nSPS) is 10.8. The van der Waals surface area contributed by atoms with Gasteiger partial charge in [-0.25, -0.2) is 0 Å². The number of primary amides is 1. The second-order valence-electron chi connectivity index (χ2n) is 4.45. The van der Waals surface area contributed by atoms with Gasteiger partial charge in [0.25, 0.3) is 5.91 Å². The van der Waals surface area contributed by atoms with E-state index in [2.05, 4.69) is 0 Å². The van der Waals surface area contributed by atoms with Gasteiger partial charge in [0.2, 0.25) is 0 Å². The van der Waals surface area contributed by atoms with Crippen molar-refractivity contribution in [1.29, 1.82) is 5.26 Å². The molecule has 0 saturated heterocycles. The van der Waals surface area contributed by atoms with Crippen molar-refractivity contribution in [1.82, 2.24) is 0 Å². The molecule has 1 aromatic rings. The standard InChI is InChI=1S/C15H16N2O3/c1-9-4-10(2)14(8-20-11(3)18)6-12(9)5-13(7-16)15(17)19/h4-6H,8H2,1-3H3,(H2,17,19). The molecule has 0 spiro atoms. The van der Waals surface area contributed by atoms with Gasteiger partial charge in [-0.3, -0.25) is 9.59 Å². The molecule has 0 radical (unpaired) electrons. The molecular formula is C15H16N2O3. The van der Waals surface area contributed by atoms with E-state index < -0.39 is 5.91 Å². The van der Waals surface area contributed by atoms with Crippen LogP contribution in [-0.4, -0.2) is 11.9 Å². The molecule has 0 aliphatic carbocycles. The van der Waals surface area contributed by atoms with Gasteiger partial charge in [0.05, 0.1) is 0 Å². The number of ether oxygens (including phenoxy) is 1. The van der Waals surface area contributed by atoms with Crippen LogP contribution in [0, 0.1) is 25.2 Å². The van der Waals surface area contributed by atoms with Crippen LogP contribution in [0.4, 0.5) is 0 Å². The minimum absolute atomic E-state index is 0.115. The van der Waals surface area contributed by atoms with Crippen LogP contribution in [0.25, 0.3) is 6.08 Å². The minimum Gasteiger partial charge on any atom is -0.461 e. The Morgan fingerprint density at radius 3 is 2.50 bits per heavy atom. The topological polar surface area (TPSA) is 93.2 Å². The van der Waals surface area contributed by atoms with Crippen LogP contribution in [0.3, 0.4) is 0 Å². The molecule has 0 heterocycles. The Kier molecular flexibility index (Phi) is 5.04. The first-order chi connectivity index (χ1) is 9.35. The van der Waals surface area contributed by atoms with E-state index in [1.807, 2.05) is 19.9 Å². The summed E-state index contributed by atoms with van der Waals surface area (Å²) in [5.41, 5.74) is 8.39. The summed E-state index contributed by atoms with van der Waals surface area (Å²) in [7, 11) is 0. The summed E-state index contributed by atoms with van der Waals surface area (Å²) in [6, 6.07) is 5.45. The third-order valence-electron chi connectivity index (χ3n) is 2.84. The summed E-state index contributed by atoms with van der Waals surface area (Å²) in [6.07, 6.45) is 1.44. The average molecular weight is 272 g/mol. The molecule has 0 aliphatic rings. The van der Waals surface area contributed by atoms with E-state index in [0.29, 0.717) is 5.56 Å². The lowest BCUT2D eigenvalue weighted by atomic mass is 9.98. The number of nitrogens with two attached hydrogens (primary N) is 1. The lowest BCUT2D eigenvalue weighted by molar-refractivity contribution is -0.142. The van der Waals surface area contributed by atoms with Crippen molar-refractivity contribution in [2.45, 2.75) is 27.4 Å². The van der Waals surface area contributed by atoms with Gasteiger partial charge in [-0.1, -0.05) is 6.07 Å². The van der Waals surface area contributed by atoms with E-state index in [1.165, 1.54) is 13.0 Å². The summed E-state index contributed by atoms with van der Waals surface area (Å²) in [5.74, 6) is -1.13. The van der Waals surface area contributed by atoms with Gasteiger partial charge in [0, 0.05) is 6.92 Å². The quantitative estimate of drug-likeness (QED) is 0.513. The first-order valence-electron chi connectivity index (χ1n) is 6.00. The summed E-state index contributed by atoms with van der Waals surface area (Å²) in [4.78, 5) is 21.9. The number of hydrogen-bond donors (Lipinski definition) is 1. The molecule has 0 saturated carbocycles. The van der Waals surface area contributed by atoms with E-state index in [-0.39, 0.29) is 18.1 Å². The number of esters is 1. The molecule has 0 aromatic heterocycles. The van der Waals surface area contributed by atoms with Gasteiger partial charge >= 0.3 is 5.97 Å². The number of benzene rings is 1. The second-order valence-corrected chi connectivity index (χ2v) is 4.45. The van der Waals surface area contributed by atoms with Crippen molar-refractivity contribution < 1.29 is 14.3 Å². The van der Waals surface area contributed by atoms with Crippen LogP contribution in [0.5, 0.6) is 0 Å². The molecule has 5 nitrogen and oxygen atoms in total. The van der Waals surface area contributed by atoms with Crippen LogP contribution in [0.15, 0.2) is 17.7 Å². The number of rotatable bonds is 4. The van der Waals surface area contributed by atoms with Crippen LogP contribution in [0.1, 0.15) is 29.2 Å². The smallest absolute Gasteiger partial charge is 0.302 e. The van der Waals surface area contributed by atoms with Gasteiger partial charge in [0.1, 0.15) is 18.2 Å². The van der Waals surface area contributed by atoms with E-state index in [9.17, 15) is 9.59 Å². The van der Waals surface area contributed by atoms with Crippen LogP contribution in [-0.2, 0) is 20.9 Å². The van der Waals surface area contributed by atoms with E-state index in [4.69, 9.17) is 15.7 Å². The summed E-state index contributed by atoms with van der Waals surface area (Å²) >= 11 is 0. The minimum atomic E-state index is -0.769. The first-order valence-corrected chi connectivity index (χ1v) is 6.00. The predicted octanol–water partition coefficient (Wildman–Crippen LogP) is 1.76. The molecular weight excluding hydrogens is 256 g/mol. The molecule has 1 rings (SSSR count). The molecule has 0 fully saturated rings. The van der Waals surface area contributed by atoms with E-state index in [1.54, 1.807) is 12.1 Å². The first kappa shape index (κ1) is 15.4. The molecule has 1 aromatic carbocycles. The maximum absolute atomic E-state index is 11.1. The van der Waals surface area contributed by atoms with E-state index >= 15 is 0 Å². The van der Waals surface area contributed by atoms with Gasteiger partial charge in [-0.05, 0) is 48.2 Å². The molecule has 1 amide bonds. The molecule has 0 atom stereocenters. The van der Waals surface area contributed by atoms with Crippen molar-refractivity contribution in [2.24, 2.45) is 5.73 Å². The van der Waals surface area contributed by atoms with Crippen LogP contribution < -0.4 is 5.73 Å². The Hall–Kier alpha value is -2.61. The van der Waals surface area contributed by atoms with Gasteiger partial charge < -0.3 is 10.5 Å². The van der Waals surface area contributed by atoms with Crippen LogP contribution >= 0.6 is 0 Å². The third kappa shape index (κ3) is 3.95. The summed E-state index contributed by atoms with van der Waals surface area (Å²) in [5, 5.41) is 8.86. The Bertz CT molecular complexity index is 625. The van der Waals surface area contributed by atoms with Crippen molar-refractivity contribution in [3.8, 4) is 6.07 Å². The number of nitrogens with zero attached hydrogens (tertiary/aromatic N) is 1. The Morgan fingerprint density at radius 1 is 1.35 bits per heavy atom. The summed E-state index contributed by atoms with van der Waals surface area (Å²) < 4.78 is 4.97. The zero-order valence-electron chi connectivity index (χ0n) is 11.7. The maximum atomic E-state index is 11.1. The Balaban J connectivity index is 3.21. The zero-order valence-corrected chi connectivity index (χ0v) is 11.7.